The molecule has 1 aliphatic rings. The van der Waals surface area contributed by atoms with Gasteiger partial charge in [-0.25, -0.2) is 19.9 Å². The molecule has 12 heteroatoms. The number of aromatic amines is 2. The summed E-state index contributed by atoms with van der Waals surface area (Å²) in [4.78, 5) is 42.8. The maximum Gasteiger partial charge on any atom is 0.261 e. The van der Waals surface area contributed by atoms with Crippen LogP contribution in [0.5, 0.6) is 0 Å². The largest absolute Gasteiger partial charge is 0.372 e. The number of piperazine rings is 1. The molecule has 0 saturated carbocycles. The molecule has 1 fully saturated rings. The lowest BCUT2D eigenvalue weighted by Crippen LogP contribution is -2.44. The predicted octanol–water partition coefficient (Wildman–Crippen LogP) is 2.55. The second kappa shape index (κ2) is 9.53. The van der Waals surface area contributed by atoms with Crippen LogP contribution in [0.25, 0.3) is 33.5 Å². The van der Waals surface area contributed by atoms with E-state index < -0.39 is 0 Å². The zero-order chi connectivity index (χ0) is 26.4. The number of fused-ring (bicyclic) bond motifs is 2. The summed E-state index contributed by atoms with van der Waals surface area (Å²) in [5.74, 6) is 2.12. The van der Waals surface area contributed by atoms with Crippen LogP contribution in [-0.2, 0) is 7.05 Å². The van der Waals surface area contributed by atoms with Crippen LogP contribution >= 0.6 is 0 Å². The highest BCUT2D eigenvalue weighted by Gasteiger charge is 2.26. The Kier molecular flexibility index (Phi) is 6.03. The number of aromatic nitrogens is 8. The average molecular weight is 514 g/mol. The molecular weight excluding hydrogens is 482 g/mol. The summed E-state index contributed by atoms with van der Waals surface area (Å²) in [6.45, 7) is 7.98. The van der Waals surface area contributed by atoms with Gasteiger partial charge >= 0.3 is 0 Å². The molecule has 0 amide bonds. The van der Waals surface area contributed by atoms with Gasteiger partial charge in [0.1, 0.15) is 28.2 Å². The molecule has 6 rings (SSSR count). The summed E-state index contributed by atoms with van der Waals surface area (Å²) in [5, 5.41) is 8.22. The van der Waals surface area contributed by atoms with Gasteiger partial charge in [0.25, 0.3) is 5.56 Å². The zero-order valence-corrected chi connectivity index (χ0v) is 21.9. The van der Waals surface area contributed by atoms with Crippen LogP contribution in [0.2, 0.25) is 0 Å². The Morgan fingerprint density at radius 1 is 1.00 bits per heavy atom. The molecule has 0 spiro atoms. The minimum atomic E-state index is -0.268. The van der Waals surface area contributed by atoms with Gasteiger partial charge in [0.15, 0.2) is 5.82 Å². The predicted molar refractivity (Wildman–Crippen MR) is 147 cm³/mol. The topological polar surface area (TPSA) is 137 Å². The second-order valence-electron chi connectivity index (χ2n) is 10.2. The quantitative estimate of drug-likeness (QED) is 0.313. The van der Waals surface area contributed by atoms with Gasteiger partial charge in [-0.15, -0.1) is 0 Å². The first-order valence-corrected chi connectivity index (χ1v) is 12.8. The van der Waals surface area contributed by atoms with Crippen LogP contribution in [0.4, 0.5) is 11.5 Å². The van der Waals surface area contributed by atoms with Crippen LogP contribution in [-0.4, -0.2) is 77.8 Å². The molecule has 0 bridgehead atoms. The van der Waals surface area contributed by atoms with Crippen molar-refractivity contribution < 1.29 is 0 Å². The fraction of sp³-hybridized carbons (Fsp3) is 0.385. The highest BCUT2D eigenvalue weighted by Crippen LogP contribution is 2.34. The SMILES string of the molecule is CC(C)C(Nc1c(-c2nc3cnc(N4CCN(C)CC4)cc3[nH]2)c(=O)[nH]c2cn(C)nc12)c1ncccn1. The Hall–Kier alpha value is -4.32. The molecule has 1 saturated heterocycles. The number of nitrogens with zero attached hydrogens (tertiary/aromatic N) is 8. The molecule has 38 heavy (non-hydrogen) atoms. The number of aryl methyl sites for hydroxylation is 1. The van der Waals surface area contributed by atoms with Gasteiger partial charge in [-0.05, 0) is 19.0 Å². The highest BCUT2D eigenvalue weighted by molar-refractivity contribution is 5.96. The standard InChI is InChI=1S/C26H31N11O/c1-15(2)21(25-27-6-5-7-28-25)33-23-20(26(38)32-18-14-36(4)34-22(18)23)24-30-16-12-19(29-13-17(16)31-24)37-10-8-35(3)9-11-37/h5-7,12-15,21,33H,8-11H2,1-4H3,(H,30,31)(H,32,38). The van der Waals surface area contributed by atoms with Crippen LogP contribution < -0.4 is 15.8 Å². The number of imidazole rings is 1. The van der Waals surface area contributed by atoms with E-state index in [9.17, 15) is 4.79 Å². The maximum atomic E-state index is 13.5. The fourth-order valence-corrected chi connectivity index (χ4v) is 4.93. The molecule has 0 aromatic carbocycles. The van der Waals surface area contributed by atoms with Crippen molar-refractivity contribution in [2.24, 2.45) is 13.0 Å². The first kappa shape index (κ1) is 24.0. The van der Waals surface area contributed by atoms with E-state index in [0.717, 1.165) is 37.5 Å². The van der Waals surface area contributed by atoms with E-state index in [2.05, 4.69) is 66.0 Å². The summed E-state index contributed by atoms with van der Waals surface area (Å²) >= 11 is 0. The highest BCUT2D eigenvalue weighted by atomic mass is 16.1. The van der Waals surface area contributed by atoms with Crippen LogP contribution in [0.3, 0.4) is 0 Å². The third kappa shape index (κ3) is 4.36. The van der Waals surface area contributed by atoms with Crippen molar-refractivity contribution in [3.05, 3.63) is 53.1 Å². The first-order valence-electron chi connectivity index (χ1n) is 12.8. The van der Waals surface area contributed by atoms with Crippen molar-refractivity contribution in [1.29, 1.82) is 0 Å². The van der Waals surface area contributed by atoms with Gasteiger partial charge in [0.05, 0.1) is 29.0 Å². The Bertz CT molecular complexity index is 1640. The molecule has 1 atom stereocenters. The van der Waals surface area contributed by atoms with Crippen molar-refractivity contribution in [3.63, 3.8) is 0 Å². The lowest BCUT2D eigenvalue weighted by Gasteiger charge is -2.33. The van der Waals surface area contributed by atoms with Gasteiger partial charge in [-0.3, -0.25) is 9.48 Å². The number of hydrogen-bond acceptors (Lipinski definition) is 9. The molecule has 196 valence electrons. The van der Waals surface area contributed by atoms with Crippen molar-refractivity contribution in [2.75, 3.05) is 43.4 Å². The Labute approximate surface area is 219 Å². The average Bonchev–Trinajstić information content (AvgIpc) is 3.49. The normalized spacial score (nSPS) is 15.6. The molecule has 6 heterocycles. The number of rotatable bonds is 6. The number of H-pyrrole nitrogens is 2. The van der Waals surface area contributed by atoms with E-state index in [1.54, 1.807) is 35.5 Å². The smallest absolute Gasteiger partial charge is 0.261 e. The Balaban J connectivity index is 1.47. The van der Waals surface area contributed by atoms with Crippen LogP contribution in [0.1, 0.15) is 25.7 Å². The number of likely N-dealkylation sites (N-methyl/N-ethyl adjacent to an activating group) is 1. The molecule has 0 aliphatic carbocycles. The lowest BCUT2D eigenvalue weighted by atomic mass is 10.0. The van der Waals surface area contributed by atoms with E-state index in [-0.39, 0.29) is 17.5 Å². The second-order valence-corrected chi connectivity index (χ2v) is 10.2. The van der Waals surface area contributed by atoms with Gasteiger partial charge < -0.3 is 25.1 Å². The third-order valence-electron chi connectivity index (χ3n) is 7.04. The molecule has 3 N–H and O–H groups in total. The molecule has 5 aromatic rings. The van der Waals surface area contributed by atoms with E-state index >= 15 is 0 Å². The molecule has 1 unspecified atom stereocenters. The number of hydrogen-bond donors (Lipinski definition) is 3. The molecule has 0 radical (unpaired) electrons. The third-order valence-corrected chi connectivity index (χ3v) is 7.04. The Morgan fingerprint density at radius 3 is 2.50 bits per heavy atom. The number of pyridine rings is 2. The summed E-state index contributed by atoms with van der Waals surface area (Å²) in [6.07, 6.45) is 7.00. The van der Waals surface area contributed by atoms with Crippen LogP contribution in [0, 0.1) is 5.92 Å². The summed E-state index contributed by atoms with van der Waals surface area (Å²) in [6, 6.07) is 3.54. The zero-order valence-electron chi connectivity index (χ0n) is 21.9. The van der Waals surface area contributed by atoms with E-state index in [1.807, 2.05) is 13.1 Å². The molecular formula is C26H31N11O. The molecule has 1 aliphatic heterocycles. The molecule has 12 nitrogen and oxygen atoms in total. The Morgan fingerprint density at radius 2 is 1.76 bits per heavy atom. The fourth-order valence-electron chi connectivity index (χ4n) is 4.93. The van der Waals surface area contributed by atoms with Gasteiger partial charge in [-0.2, -0.15) is 5.10 Å². The summed E-state index contributed by atoms with van der Waals surface area (Å²) < 4.78 is 1.68. The maximum absolute atomic E-state index is 13.5. The minimum Gasteiger partial charge on any atom is -0.372 e. The van der Waals surface area contributed by atoms with E-state index in [1.165, 1.54) is 0 Å². The van der Waals surface area contributed by atoms with E-state index in [0.29, 0.717) is 39.4 Å². The van der Waals surface area contributed by atoms with Gasteiger partial charge in [0, 0.05) is 57.9 Å². The van der Waals surface area contributed by atoms with Crippen molar-refractivity contribution in [1.82, 2.24) is 44.6 Å². The van der Waals surface area contributed by atoms with Crippen molar-refractivity contribution >= 4 is 33.6 Å². The minimum absolute atomic E-state index is 0.134. The summed E-state index contributed by atoms with van der Waals surface area (Å²) in [5.41, 5.74) is 3.49. The van der Waals surface area contributed by atoms with E-state index in [4.69, 9.17) is 4.98 Å². The molecule has 5 aromatic heterocycles. The first-order chi connectivity index (χ1) is 18.4. The number of nitrogens with one attached hydrogen (secondary N) is 3. The van der Waals surface area contributed by atoms with Crippen molar-refractivity contribution in [3.8, 4) is 11.4 Å². The summed E-state index contributed by atoms with van der Waals surface area (Å²) in [7, 11) is 3.96. The van der Waals surface area contributed by atoms with Gasteiger partial charge in [-0.1, -0.05) is 13.8 Å². The van der Waals surface area contributed by atoms with Crippen LogP contribution in [0.15, 0.2) is 41.7 Å². The monoisotopic (exact) mass is 513 g/mol. The van der Waals surface area contributed by atoms with Gasteiger partial charge in [0.2, 0.25) is 0 Å². The van der Waals surface area contributed by atoms with Crippen molar-refractivity contribution in [2.45, 2.75) is 19.9 Å². The number of anilines is 2. The lowest BCUT2D eigenvalue weighted by molar-refractivity contribution is 0.312.